The van der Waals surface area contributed by atoms with E-state index in [0.29, 0.717) is 24.8 Å². The Hall–Kier alpha value is -1.41. The molecule has 140 valence electrons. The van der Waals surface area contributed by atoms with E-state index in [1.54, 1.807) is 15.2 Å². The molecule has 0 aliphatic carbocycles. The van der Waals surface area contributed by atoms with Gasteiger partial charge in [-0.25, -0.2) is 8.42 Å². The molecule has 0 saturated carbocycles. The molecule has 0 amide bonds. The van der Waals surface area contributed by atoms with Crippen LogP contribution in [0, 0.1) is 0 Å². The van der Waals surface area contributed by atoms with Gasteiger partial charge in [0.2, 0.25) is 10.0 Å². The highest BCUT2D eigenvalue weighted by Gasteiger charge is 2.37. The van der Waals surface area contributed by atoms with Crippen molar-refractivity contribution < 1.29 is 13.2 Å². The van der Waals surface area contributed by atoms with Gasteiger partial charge in [-0.1, -0.05) is 23.7 Å². The van der Waals surface area contributed by atoms with E-state index in [4.69, 9.17) is 16.3 Å². The molecule has 3 heterocycles. The number of nitrogens with zero attached hydrogens (tertiary/aromatic N) is 3. The van der Waals surface area contributed by atoms with Gasteiger partial charge in [-0.2, -0.15) is 9.40 Å². The monoisotopic (exact) mass is 395 g/mol. The van der Waals surface area contributed by atoms with Gasteiger partial charge < -0.3 is 4.74 Å². The predicted molar refractivity (Wildman–Crippen MR) is 98.6 cm³/mol. The van der Waals surface area contributed by atoms with E-state index >= 15 is 0 Å². The first-order valence-electron chi connectivity index (χ1n) is 8.95. The number of sulfonamides is 1. The molecule has 0 radical (unpaired) electrons. The summed E-state index contributed by atoms with van der Waals surface area (Å²) in [5.41, 5.74) is 0.979. The van der Waals surface area contributed by atoms with Crippen LogP contribution in [0.25, 0.3) is 0 Å². The second-order valence-corrected chi connectivity index (χ2v) is 9.15. The number of halogens is 1. The van der Waals surface area contributed by atoms with Crippen molar-refractivity contribution in [2.24, 2.45) is 0 Å². The molecule has 1 atom stereocenters. The van der Waals surface area contributed by atoms with Gasteiger partial charge in [0.05, 0.1) is 18.3 Å². The van der Waals surface area contributed by atoms with E-state index in [-0.39, 0.29) is 17.0 Å². The average molecular weight is 396 g/mol. The van der Waals surface area contributed by atoms with Crippen LogP contribution in [-0.2, 0) is 14.8 Å². The van der Waals surface area contributed by atoms with Gasteiger partial charge in [-0.05, 0) is 43.4 Å². The lowest BCUT2D eigenvalue weighted by molar-refractivity contribution is 0.0662. The van der Waals surface area contributed by atoms with Crippen LogP contribution in [0.3, 0.4) is 0 Å². The van der Waals surface area contributed by atoms with E-state index in [1.165, 1.54) is 6.20 Å². The van der Waals surface area contributed by atoms with Crippen LogP contribution in [0.5, 0.6) is 0 Å². The number of ether oxygens (including phenoxy) is 1. The van der Waals surface area contributed by atoms with Gasteiger partial charge in [-0.3, -0.25) is 4.68 Å². The first-order chi connectivity index (χ1) is 12.6. The standard InChI is InChI=1S/C18H22ClN3O3S/c19-15-5-3-14(4-6-15)18-2-1-9-22(18)26(23,24)17-12-20-21(13-17)16-7-10-25-11-8-16/h3-6,12-13,16,18H,1-2,7-11H2/t18-/m0/s1. The number of benzene rings is 1. The minimum Gasteiger partial charge on any atom is -0.381 e. The highest BCUT2D eigenvalue weighted by Crippen LogP contribution is 2.37. The maximum atomic E-state index is 13.2. The third-order valence-electron chi connectivity index (χ3n) is 5.21. The summed E-state index contributed by atoms with van der Waals surface area (Å²) in [6, 6.07) is 7.49. The van der Waals surface area contributed by atoms with Crippen LogP contribution in [0.1, 0.15) is 43.3 Å². The second-order valence-electron chi connectivity index (χ2n) is 6.82. The average Bonchev–Trinajstić information content (AvgIpc) is 3.33. The summed E-state index contributed by atoms with van der Waals surface area (Å²) >= 11 is 5.97. The number of hydrogen-bond acceptors (Lipinski definition) is 4. The summed E-state index contributed by atoms with van der Waals surface area (Å²) in [6.45, 7) is 1.91. The number of hydrogen-bond donors (Lipinski definition) is 0. The topological polar surface area (TPSA) is 64.4 Å². The van der Waals surface area contributed by atoms with E-state index in [1.807, 2.05) is 24.3 Å². The molecule has 4 rings (SSSR count). The van der Waals surface area contributed by atoms with Gasteiger partial charge >= 0.3 is 0 Å². The highest BCUT2D eigenvalue weighted by molar-refractivity contribution is 7.89. The van der Waals surface area contributed by atoms with Crippen molar-refractivity contribution in [3.8, 4) is 0 Å². The summed E-state index contributed by atoms with van der Waals surface area (Å²) in [7, 11) is -3.58. The second kappa shape index (κ2) is 7.31. The van der Waals surface area contributed by atoms with Crippen LogP contribution < -0.4 is 0 Å². The summed E-state index contributed by atoms with van der Waals surface area (Å²) in [5, 5.41) is 4.98. The fourth-order valence-electron chi connectivity index (χ4n) is 3.78. The van der Waals surface area contributed by atoms with Gasteiger partial charge in [-0.15, -0.1) is 0 Å². The molecule has 1 aromatic carbocycles. The molecule has 1 aromatic heterocycles. The van der Waals surface area contributed by atoms with Crippen LogP contribution in [0.2, 0.25) is 5.02 Å². The SMILES string of the molecule is O=S(=O)(c1cnn(C2CCOCC2)c1)N1CCC[C@H]1c1ccc(Cl)cc1. The van der Waals surface area contributed by atoms with Crippen LogP contribution in [0.15, 0.2) is 41.6 Å². The fraction of sp³-hybridized carbons (Fsp3) is 0.500. The van der Waals surface area contributed by atoms with Crippen molar-refractivity contribution in [1.29, 1.82) is 0 Å². The van der Waals surface area contributed by atoms with Crippen molar-refractivity contribution in [3.05, 3.63) is 47.2 Å². The molecule has 6 nitrogen and oxygen atoms in total. The molecule has 2 fully saturated rings. The van der Waals surface area contributed by atoms with Crippen molar-refractivity contribution in [2.45, 2.75) is 42.7 Å². The van der Waals surface area contributed by atoms with Crippen LogP contribution in [-0.4, -0.2) is 42.3 Å². The van der Waals surface area contributed by atoms with Crippen molar-refractivity contribution in [1.82, 2.24) is 14.1 Å². The molecule has 2 aromatic rings. The Bertz CT molecular complexity index is 860. The Kier molecular flexibility index (Phi) is 5.05. The highest BCUT2D eigenvalue weighted by atomic mass is 35.5. The lowest BCUT2D eigenvalue weighted by Gasteiger charge is -2.24. The summed E-state index contributed by atoms with van der Waals surface area (Å²) < 4.78 is 35.2. The smallest absolute Gasteiger partial charge is 0.246 e. The molecule has 0 bridgehead atoms. The lowest BCUT2D eigenvalue weighted by Crippen LogP contribution is -2.30. The minimum atomic E-state index is -3.58. The molecule has 0 N–H and O–H groups in total. The molecular weight excluding hydrogens is 374 g/mol. The number of rotatable bonds is 4. The van der Waals surface area contributed by atoms with E-state index < -0.39 is 10.0 Å². The van der Waals surface area contributed by atoms with Crippen LogP contribution >= 0.6 is 11.6 Å². The van der Waals surface area contributed by atoms with Gasteiger partial charge in [0, 0.05) is 31.0 Å². The minimum absolute atomic E-state index is 0.149. The summed E-state index contributed by atoms with van der Waals surface area (Å²) in [5.74, 6) is 0. The molecule has 26 heavy (non-hydrogen) atoms. The fourth-order valence-corrected chi connectivity index (χ4v) is 5.53. The summed E-state index contributed by atoms with van der Waals surface area (Å²) in [4.78, 5) is 0.268. The maximum Gasteiger partial charge on any atom is 0.246 e. The molecule has 0 spiro atoms. The zero-order valence-electron chi connectivity index (χ0n) is 14.4. The zero-order valence-corrected chi connectivity index (χ0v) is 16.0. The molecule has 2 aliphatic heterocycles. The number of aromatic nitrogens is 2. The summed E-state index contributed by atoms with van der Waals surface area (Å²) in [6.07, 6.45) is 6.52. The van der Waals surface area contributed by atoms with Crippen LogP contribution in [0.4, 0.5) is 0 Å². The van der Waals surface area contributed by atoms with Gasteiger partial charge in [0.1, 0.15) is 4.90 Å². The molecule has 0 unspecified atom stereocenters. The Morgan fingerprint density at radius 2 is 1.85 bits per heavy atom. The molecular formula is C18H22ClN3O3S. The third kappa shape index (κ3) is 3.41. The first kappa shape index (κ1) is 18.0. The van der Waals surface area contributed by atoms with Gasteiger partial charge in [0.15, 0.2) is 0 Å². The predicted octanol–water partition coefficient (Wildman–Crippen LogP) is 3.41. The Morgan fingerprint density at radius 1 is 1.12 bits per heavy atom. The van der Waals surface area contributed by atoms with Crippen molar-refractivity contribution in [3.63, 3.8) is 0 Å². The normalized spacial score (nSPS) is 22.7. The zero-order chi connectivity index (χ0) is 18.1. The molecule has 8 heteroatoms. The Labute approximate surface area is 158 Å². The van der Waals surface area contributed by atoms with E-state index in [9.17, 15) is 8.42 Å². The van der Waals surface area contributed by atoms with E-state index in [2.05, 4.69) is 5.10 Å². The van der Waals surface area contributed by atoms with Crippen molar-refractivity contribution in [2.75, 3.05) is 19.8 Å². The Morgan fingerprint density at radius 3 is 2.58 bits per heavy atom. The van der Waals surface area contributed by atoms with E-state index in [0.717, 1.165) is 31.2 Å². The Balaban J connectivity index is 1.59. The molecule has 2 aliphatic rings. The first-order valence-corrected chi connectivity index (χ1v) is 10.8. The third-order valence-corrected chi connectivity index (χ3v) is 7.32. The lowest BCUT2D eigenvalue weighted by atomic mass is 10.1. The quantitative estimate of drug-likeness (QED) is 0.795. The van der Waals surface area contributed by atoms with Crippen molar-refractivity contribution >= 4 is 21.6 Å². The maximum absolute atomic E-state index is 13.2. The molecule has 2 saturated heterocycles. The largest absolute Gasteiger partial charge is 0.381 e. The van der Waals surface area contributed by atoms with Gasteiger partial charge in [0.25, 0.3) is 0 Å².